The highest BCUT2D eigenvalue weighted by Gasteiger charge is 2.15. The number of ketones is 1. The summed E-state index contributed by atoms with van der Waals surface area (Å²) in [7, 11) is 0. The van der Waals surface area contributed by atoms with E-state index in [1.807, 2.05) is 0 Å². The average Bonchev–Trinajstić information content (AvgIpc) is 2.38. The van der Waals surface area contributed by atoms with Crippen LogP contribution in [0.15, 0.2) is 42.5 Å². The summed E-state index contributed by atoms with van der Waals surface area (Å²) >= 11 is 0. The van der Waals surface area contributed by atoms with E-state index in [1.165, 1.54) is 6.07 Å². The van der Waals surface area contributed by atoms with Crippen molar-refractivity contribution in [2.24, 2.45) is 0 Å². The van der Waals surface area contributed by atoms with Gasteiger partial charge in [-0.1, -0.05) is 30.3 Å². The molecule has 4 heteroatoms. The molecule has 0 atom stereocenters. The molecule has 2 rings (SSSR count). The van der Waals surface area contributed by atoms with Crippen molar-refractivity contribution in [2.45, 2.75) is 0 Å². The van der Waals surface area contributed by atoms with Crippen molar-refractivity contribution in [3.63, 3.8) is 0 Å². The molecule has 0 bridgehead atoms. The van der Waals surface area contributed by atoms with Gasteiger partial charge >= 0.3 is 0 Å². The van der Waals surface area contributed by atoms with E-state index in [-0.39, 0.29) is 5.56 Å². The van der Waals surface area contributed by atoms with Crippen molar-refractivity contribution < 1.29 is 13.6 Å². The van der Waals surface area contributed by atoms with Crippen molar-refractivity contribution in [2.75, 3.05) is 0 Å². The van der Waals surface area contributed by atoms with Crippen LogP contribution in [0.1, 0.15) is 21.5 Å². The van der Waals surface area contributed by atoms with Gasteiger partial charge in [-0.25, -0.2) is 8.78 Å². The molecule has 0 N–H and O–H groups in total. The Morgan fingerprint density at radius 2 is 1.56 bits per heavy atom. The van der Waals surface area contributed by atoms with E-state index in [1.54, 1.807) is 30.3 Å². The molecule has 0 radical (unpaired) electrons. The van der Waals surface area contributed by atoms with E-state index in [2.05, 4.69) is 0 Å². The predicted molar refractivity (Wildman–Crippen MR) is 60.9 cm³/mol. The molecular formula is C14H7F2NO. The summed E-state index contributed by atoms with van der Waals surface area (Å²) in [6.45, 7) is 0. The molecule has 2 nitrogen and oxygen atoms in total. The molecule has 2 aromatic carbocycles. The maximum Gasteiger partial charge on any atom is 0.193 e. The molecule has 0 aliphatic carbocycles. The van der Waals surface area contributed by atoms with Crippen LogP contribution in [0.3, 0.4) is 0 Å². The number of carbonyl (C=O) groups excluding carboxylic acids is 1. The lowest BCUT2D eigenvalue weighted by molar-refractivity contribution is 0.103. The maximum atomic E-state index is 13.4. The second-order valence-corrected chi connectivity index (χ2v) is 3.62. The molecule has 18 heavy (non-hydrogen) atoms. The monoisotopic (exact) mass is 243 g/mol. The topological polar surface area (TPSA) is 40.9 Å². The van der Waals surface area contributed by atoms with Crippen LogP contribution in [0, 0.1) is 23.0 Å². The van der Waals surface area contributed by atoms with E-state index in [4.69, 9.17) is 5.26 Å². The third-order valence-corrected chi connectivity index (χ3v) is 2.45. The van der Waals surface area contributed by atoms with Gasteiger partial charge in [0.15, 0.2) is 5.78 Å². The number of hydrogen-bond acceptors (Lipinski definition) is 2. The minimum Gasteiger partial charge on any atom is -0.289 e. The lowest BCUT2D eigenvalue weighted by Crippen LogP contribution is -2.04. The van der Waals surface area contributed by atoms with Crippen LogP contribution in [-0.2, 0) is 0 Å². The Labute approximate surface area is 102 Å². The van der Waals surface area contributed by atoms with Gasteiger partial charge in [0.1, 0.15) is 23.3 Å². The molecular weight excluding hydrogens is 236 g/mol. The molecule has 0 aromatic heterocycles. The zero-order valence-corrected chi connectivity index (χ0v) is 9.15. The molecule has 2 aromatic rings. The number of rotatable bonds is 2. The molecule has 0 saturated heterocycles. The van der Waals surface area contributed by atoms with Crippen molar-refractivity contribution in [1.82, 2.24) is 0 Å². The third-order valence-electron chi connectivity index (χ3n) is 2.45. The third kappa shape index (κ3) is 2.11. The molecule has 0 aliphatic heterocycles. The number of halogens is 2. The zero-order valence-electron chi connectivity index (χ0n) is 9.15. The number of nitriles is 1. The second-order valence-electron chi connectivity index (χ2n) is 3.62. The van der Waals surface area contributed by atoms with Gasteiger partial charge in [-0.3, -0.25) is 4.79 Å². The van der Waals surface area contributed by atoms with Gasteiger partial charge in [0.2, 0.25) is 0 Å². The van der Waals surface area contributed by atoms with Crippen molar-refractivity contribution in [3.05, 3.63) is 70.8 Å². The lowest BCUT2D eigenvalue weighted by atomic mass is 10.0. The fourth-order valence-electron chi connectivity index (χ4n) is 1.57. The van der Waals surface area contributed by atoms with E-state index in [0.717, 1.165) is 12.1 Å². The van der Waals surface area contributed by atoms with Gasteiger partial charge in [-0.05, 0) is 12.1 Å². The van der Waals surface area contributed by atoms with Crippen molar-refractivity contribution in [3.8, 4) is 6.07 Å². The first kappa shape index (κ1) is 11.9. The van der Waals surface area contributed by atoms with E-state index in [9.17, 15) is 13.6 Å². The minimum atomic E-state index is -1.03. The van der Waals surface area contributed by atoms with Crippen LogP contribution in [0.25, 0.3) is 0 Å². The van der Waals surface area contributed by atoms with Crippen LogP contribution >= 0.6 is 0 Å². The van der Waals surface area contributed by atoms with Crippen molar-refractivity contribution in [1.29, 1.82) is 5.26 Å². The van der Waals surface area contributed by atoms with Crippen LogP contribution in [0.4, 0.5) is 8.78 Å². The van der Waals surface area contributed by atoms with E-state index >= 15 is 0 Å². The largest absolute Gasteiger partial charge is 0.289 e. The molecule has 0 saturated carbocycles. The van der Waals surface area contributed by atoms with Gasteiger partial charge in [0, 0.05) is 11.1 Å². The number of carbonyl (C=O) groups is 1. The molecule has 0 spiro atoms. The molecule has 88 valence electrons. The highest BCUT2D eigenvalue weighted by atomic mass is 19.1. The number of nitrogens with zero attached hydrogens (tertiary/aromatic N) is 1. The minimum absolute atomic E-state index is 0.116. The Kier molecular flexibility index (Phi) is 3.16. The number of benzene rings is 2. The Hall–Kier alpha value is -2.54. The Morgan fingerprint density at radius 3 is 2.06 bits per heavy atom. The Balaban J connectivity index is 2.48. The molecule has 0 fully saturated rings. The summed E-state index contributed by atoms with van der Waals surface area (Å²) in [5, 5.41) is 8.53. The first-order valence-electron chi connectivity index (χ1n) is 5.12. The number of hydrogen-bond donors (Lipinski definition) is 0. The van der Waals surface area contributed by atoms with Crippen LogP contribution < -0.4 is 0 Å². The summed E-state index contributed by atoms with van der Waals surface area (Å²) < 4.78 is 26.7. The fraction of sp³-hybridized carbons (Fsp3) is 0. The van der Waals surface area contributed by atoms with E-state index in [0.29, 0.717) is 5.56 Å². The Bertz CT molecular complexity index is 622. The normalized spacial score (nSPS) is 9.83. The summed E-state index contributed by atoms with van der Waals surface area (Å²) in [5.41, 5.74) is -0.462. The summed E-state index contributed by atoms with van der Waals surface area (Å²) in [4.78, 5) is 11.9. The molecule has 0 amide bonds. The summed E-state index contributed by atoms with van der Waals surface area (Å²) in [5.74, 6) is -2.55. The highest BCUT2D eigenvalue weighted by Crippen LogP contribution is 2.17. The molecule has 0 unspecified atom stereocenters. The summed E-state index contributed by atoms with van der Waals surface area (Å²) in [6.07, 6.45) is 0. The van der Waals surface area contributed by atoms with Crippen LogP contribution in [0.5, 0.6) is 0 Å². The predicted octanol–water partition coefficient (Wildman–Crippen LogP) is 3.07. The van der Waals surface area contributed by atoms with Crippen molar-refractivity contribution >= 4 is 5.78 Å². The smallest absolute Gasteiger partial charge is 0.193 e. The molecule has 0 heterocycles. The van der Waals surface area contributed by atoms with Gasteiger partial charge < -0.3 is 0 Å². The first-order chi connectivity index (χ1) is 8.63. The molecule has 0 aliphatic rings. The van der Waals surface area contributed by atoms with Crippen LogP contribution in [-0.4, -0.2) is 5.78 Å². The second kappa shape index (κ2) is 4.76. The van der Waals surface area contributed by atoms with Gasteiger partial charge in [-0.15, -0.1) is 0 Å². The standard InChI is InChI=1S/C14H7F2NO/c15-12-6-10(7-13(16)11(12)8-17)14(18)9-4-2-1-3-5-9/h1-7H. The van der Waals surface area contributed by atoms with Gasteiger partial charge in [-0.2, -0.15) is 5.26 Å². The average molecular weight is 243 g/mol. The van der Waals surface area contributed by atoms with Crippen LogP contribution in [0.2, 0.25) is 0 Å². The van der Waals surface area contributed by atoms with Gasteiger partial charge in [0.05, 0.1) is 0 Å². The fourth-order valence-corrected chi connectivity index (χ4v) is 1.57. The maximum absolute atomic E-state index is 13.4. The van der Waals surface area contributed by atoms with Gasteiger partial charge in [0.25, 0.3) is 0 Å². The quantitative estimate of drug-likeness (QED) is 0.760. The summed E-state index contributed by atoms with van der Waals surface area (Å²) in [6, 6.07) is 11.3. The zero-order chi connectivity index (χ0) is 13.1. The van der Waals surface area contributed by atoms with E-state index < -0.39 is 23.0 Å². The SMILES string of the molecule is N#Cc1c(F)cc(C(=O)c2ccccc2)cc1F. The lowest BCUT2D eigenvalue weighted by Gasteiger charge is -2.03. The first-order valence-corrected chi connectivity index (χ1v) is 5.12. The highest BCUT2D eigenvalue weighted by molar-refractivity contribution is 6.09. The Morgan fingerprint density at radius 1 is 1.00 bits per heavy atom.